The zero-order chi connectivity index (χ0) is 10.1. The molecule has 0 fully saturated rings. The van der Waals surface area contributed by atoms with Gasteiger partial charge in [-0.05, 0) is 12.1 Å². The van der Waals surface area contributed by atoms with Crippen LogP contribution in [0.5, 0.6) is 0 Å². The minimum absolute atomic E-state index is 0. The third-order valence-corrected chi connectivity index (χ3v) is 2.02. The molecule has 4 heteroatoms. The fourth-order valence-corrected chi connectivity index (χ4v) is 1.42. The Hall–Kier alpha value is -1.84. The molecule has 0 radical (unpaired) electrons. The molecule has 2 N–H and O–H groups in total. The minimum Gasteiger partial charge on any atom is -0.368 e. The van der Waals surface area contributed by atoms with Crippen LogP contribution in [0.3, 0.4) is 0 Å². The van der Waals surface area contributed by atoms with Crippen molar-refractivity contribution in [1.82, 2.24) is 9.97 Å². The van der Waals surface area contributed by atoms with Crippen LogP contribution in [0.2, 0.25) is 0 Å². The first-order valence-electron chi connectivity index (χ1n) is 4.38. The number of aromatic nitrogens is 2. The molecule has 4 nitrogen and oxygen atoms in total. The van der Waals surface area contributed by atoms with E-state index >= 15 is 0 Å². The van der Waals surface area contributed by atoms with Crippen LogP contribution in [-0.2, 0) is 0 Å². The fourth-order valence-electron chi connectivity index (χ4n) is 1.42. The van der Waals surface area contributed by atoms with Crippen LogP contribution in [0.25, 0.3) is 10.9 Å². The van der Waals surface area contributed by atoms with Crippen LogP contribution >= 0.6 is 0 Å². The van der Waals surface area contributed by atoms with E-state index in [1.807, 2.05) is 43.3 Å². The first kappa shape index (κ1) is 8.74. The van der Waals surface area contributed by atoms with Gasteiger partial charge < -0.3 is 10.6 Å². The second-order valence-electron chi connectivity index (χ2n) is 3.32. The molecule has 0 amide bonds. The first-order chi connectivity index (χ1) is 6.68. The van der Waals surface area contributed by atoms with E-state index in [-0.39, 0.29) is 1.43 Å². The van der Waals surface area contributed by atoms with Crippen LogP contribution in [0, 0.1) is 0 Å². The summed E-state index contributed by atoms with van der Waals surface area (Å²) in [4.78, 5) is 10.3. The van der Waals surface area contributed by atoms with Crippen molar-refractivity contribution < 1.29 is 1.43 Å². The Balaban J connectivity index is 0.00000112. The Labute approximate surface area is 83.9 Å². The molecule has 1 heterocycles. The second-order valence-corrected chi connectivity index (χ2v) is 3.32. The molecule has 1 aromatic carbocycles. The van der Waals surface area contributed by atoms with E-state index in [9.17, 15) is 0 Å². The highest BCUT2D eigenvalue weighted by Crippen LogP contribution is 2.22. The zero-order valence-electron chi connectivity index (χ0n) is 8.23. The maximum atomic E-state index is 5.61. The number of para-hydroxylation sites is 1. The molecule has 0 aliphatic carbocycles. The van der Waals surface area contributed by atoms with Gasteiger partial charge in [-0.25, -0.2) is 4.98 Å². The van der Waals surface area contributed by atoms with Gasteiger partial charge in [0.25, 0.3) is 0 Å². The van der Waals surface area contributed by atoms with Gasteiger partial charge in [-0.3, -0.25) is 0 Å². The summed E-state index contributed by atoms with van der Waals surface area (Å²) >= 11 is 0. The largest absolute Gasteiger partial charge is 0.368 e. The Kier molecular flexibility index (Phi) is 1.96. The molecule has 0 saturated heterocycles. The fraction of sp³-hybridized carbons (Fsp3) is 0.200. The smallest absolute Gasteiger partial charge is 0.222 e. The minimum atomic E-state index is 0. The number of fused-ring (bicyclic) bond motifs is 1. The maximum absolute atomic E-state index is 5.61. The number of anilines is 2. The summed E-state index contributed by atoms with van der Waals surface area (Å²) in [5.74, 6) is 1.17. The van der Waals surface area contributed by atoms with Crippen molar-refractivity contribution >= 4 is 22.7 Å². The summed E-state index contributed by atoms with van der Waals surface area (Å²) in [6, 6.07) is 7.83. The highest BCUT2D eigenvalue weighted by atomic mass is 15.2. The highest BCUT2D eigenvalue weighted by Gasteiger charge is 2.06. The Morgan fingerprint density at radius 2 is 1.93 bits per heavy atom. The Morgan fingerprint density at radius 3 is 2.64 bits per heavy atom. The molecule has 74 valence electrons. The number of nitrogen functional groups attached to an aromatic ring is 1. The maximum Gasteiger partial charge on any atom is 0.222 e. The van der Waals surface area contributed by atoms with Gasteiger partial charge in [-0.15, -0.1) is 0 Å². The van der Waals surface area contributed by atoms with Crippen LogP contribution in [0.15, 0.2) is 24.3 Å². The van der Waals surface area contributed by atoms with Crippen molar-refractivity contribution in [2.45, 2.75) is 0 Å². The summed E-state index contributed by atoms with van der Waals surface area (Å²) in [5, 5.41) is 1.02. The summed E-state index contributed by atoms with van der Waals surface area (Å²) < 4.78 is 0. The molecule has 0 unspecified atom stereocenters. The van der Waals surface area contributed by atoms with Gasteiger partial charge in [0.2, 0.25) is 5.95 Å². The molecule has 0 bridgehead atoms. The van der Waals surface area contributed by atoms with Crippen molar-refractivity contribution in [2.24, 2.45) is 0 Å². The average molecular weight is 190 g/mol. The molecule has 0 spiro atoms. The van der Waals surface area contributed by atoms with Crippen molar-refractivity contribution in [1.29, 1.82) is 0 Å². The van der Waals surface area contributed by atoms with Gasteiger partial charge in [-0.2, -0.15) is 4.98 Å². The van der Waals surface area contributed by atoms with Crippen LogP contribution < -0.4 is 10.6 Å². The molecular formula is C10H14N4. The van der Waals surface area contributed by atoms with Crippen LogP contribution in [0.1, 0.15) is 1.43 Å². The number of hydrogen-bond donors (Lipinski definition) is 1. The number of rotatable bonds is 1. The average Bonchev–Trinajstić information content (AvgIpc) is 2.16. The van der Waals surface area contributed by atoms with Gasteiger partial charge in [0, 0.05) is 20.9 Å². The van der Waals surface area contributed by atoms with Gasteiger partial charge in [0.1, 0.15) is 5.82 Å². The first-order valence-corrected chi connectivity index (χ1v) is 4.38. The lowest BCUT2D eigenvalue weighted by atomic mass is 10.2. The summed E-state index contributed by atoms with van der Waals surface area (Å²) in [5.41, 5.74) is 6.49. The van der Waals surface area contributed by atoms with Gasteiger partial charge in [0.05, 0.1) is 5.52 Å². The second kappa shape index (κ2) is 3.14. The quantitative estimate of drug-likeness (QED) is 0.740. The van der Waals surface area contributed by atoms with Crippen molar-refractivity contribution in [3.05, 3.63) is 24.3 Å². The molecule has 0 saturated carbocycles. The molecule has 0 atom stereocenters. The lowest BCUT2D eigenvalue weighted by Gasteiger charge is -2.13. The normalized spacial score (nSPS) is 10.4. The summed E-state index contributed by atoms with van der Waals surface area (Å²) in [6.07, 6.45) is 0. The molecule has 2 rings (SSSR count). The molecule has 2 aromatic rings. The van der Waals surface area contributed by atoms with Gasteiger partial charge in [-0.1, -0.05) is 12.1 Å². The van der Waals surface area contributed by atoms with Crippen molar-refractivity contribution in [3.8, 4) is 0 Å². The standard InChI is InChI=1S/C10H12N4.H2/c1-14(2)9-7-5-3-4-6-8(7)12-10(11)13-9;/h3-6H,1-2H3,(H2,11,12,13);1H. The lowest BCUT2D eigenvalue weighted by Crippen LogP contribution is -2.12. The molecule has 1 aromatic heterocycles. The van der Waals surface area contributed by atoms with Crippen molar-refractivity contribution in [2.75, 3.05) is 24.7 Å². The van der Waals surface area contributed by atoms with Crippen molar-refractivity contribution in [3.63, 3.8) is 0 Å². The van der Waals surface area contributed by atoms with E-state index in [4.69, 9.17) is 5.73 Å². The lowest BCUT2D eigenvalue weighted by molar-refractivity contribution is 1.07. The third-order valence-electron chi connectivity index (χ3n) is 2.02. The number of nitrogens with two attached hydrogens (primary N) is 1. The summed E-state index contributed by atoms with van der Waals surface area (Å²) in [6.45, 7) is 0. The van der Waals surface area contributed by atoms with E-state index in [0.29, 0.717) is 5.95 Å². The summed E-state index contributed by atoms with van der Waals surface area (Å²) in [7, 11) is 3.88. The van der Waals surface area contributed by atoms with E-state index in [1.165, 1.54) is 0 Å². The van der Waals surface area contributed by atoms with Gasteiger partial charge >= 0.3 is 0 Å². The molecule has 0 aliphatic heterocycles. The van der Waals surface area contributed by atoms with E-state index in [1.54, 1.807) is 0 Å². The third kappa shape index (κ3) is 1.35. The number of benzene rings is 1. The SMILES string of the molecule is CN(C)c1nc(N)nc2ccccc12.[HH]. The predicted molar refractivity (Wildman–Crippen MR) is 60.4 cm³/mol. The topological polar surface area (TPSA) is 55.0 Å². The Morgan fingerprint density at radius 1 is 1.21 bits per heavy atom. The molecule has 14 heavy (non-hydrogen) atoms. The van der Waals surface area contributed by atoms with Gasteiger partial charge in [0.15, 0.2) is 0 Å². The molecular weight excluding hydrogens is 176 g/mol. The molecule has 0 aliphatic rings. The number of hydrogen-bond acceptors (Lipinski definition) is 4. The Bertz CT molecular complexity index is 470. The zero-order valence-corrected chi connectivity index (χ0v) is 8.23. The van der Waals surface area contributed by atoms with E-state index in [2.05, 4.69) is 9.97 Å². The predicted octanol–water partition coefficient (Wildman–Crippen LogP) is 1.52. The number of nitrogens with zero attached hydrogens (tertiary/aromatic N) is 3. The highest BCUT2D eigenvalue weighted by molar-refractivity contribution is 5.90. The van der Waals surface area contributed by atoms with Crippen LogP contribution in [-0.4, -0.2) is 24.1 Å². The van der Waals surface area contributed by atoms with E-state index in [0.717, 1.165) is 16.7 Å². The van der Waals surface area contributed by atoms with E-state index < -0.39 is 0 Å². The monoisotopic (exact) mass is 190 g/mol. The van der Waals surface area contributed by atoms with Crippen LogP contribution in [0.4, 0.5) is 11.8 Å².